The quantitative estimate of drug-likeness (QED) is 0.816. The van der Waals surface area contributed by atoms with Gasteiger partial charge in [-0.15, -0.1) is 5.10 Å². The highest BCUT2D eigenvalue weighted by Crippen LogP contribution is 2.23. The average Bonchev–Trinajstić information content (AvgIpc) is 2.43. The van der Waals surface area contributed by atoms with Gasteiger partial charge in [-0.1, -0.05) is 0 Å². The molecule has 6 heteroatoms. The van der Waals surface area contributed by atoms with Crippen LogP contribution >= 0.6 is 15.9 Å². The average molecular weight is 259 g/mol. The van der Waals surface area contributed by atoms with Crippen LogP contribution in [-0.2, 0) is 4.79 Å². The molecule has 0 atom stereocenters. The molecule has 76 valence electrons. The van der Waals surface area contributed by atoms with Gasteiger partial charge in [0.15, 0.2) is 5.82 Å². The van der Waals surface area contributed by atoms with Crippen LogP contribution in [-0.4, -0.2) is 28.4 Å². The van der Waals surface area contributed by atoms with E-state index in [0.29, 0.717) is 6.54 Å². The number of hydrogen-bond acceptors (Lipinski definition) is 3. The van der Waals surface area contributed by atoms with Gasteiger partial charge in [0.2, 0.25) is 5.91 Å². The van der Waals surface area contributed by atoms with Crippen LogP contribution in [0.1, 0.15) is 13.8 Å². The Kier molecular flexibility index (Phi) is 2.22. The molecule has 1 aliphatic heterocycles. The summed E-state index contributed by atoms with van der Waals surface area (Å²) in [5.41, 5.74) is 2.90. The van der Waals surface area contributed by atoms with Crippen LogP contribution in [0.15, 0.2) is 10.7 Å². The maximum atomic E-state index is 11.6. The number of aromatic nitrogens is 2. The van der Waals surface area contributed by atoms with Gasteiger partial charge < -0.3 is 0 Å². The number of halogens is 1. The van der Waals surface area contributed by atoms with Crippen LogP contribution in [0.4, 0.5) is 5.82 Å². The number of nitrogens with zero attached hydrogens (tertiary/aromatic N) is 3. The zero-order valence-corrected chi connectivity index (χ0v) is 9.58. The lowest BCUT2D eigenvalue weighted by Gasteiger charge is -2.31. The summed E-state index contributed by atoms with van der Waals surface area (Å²) in [7, 11) is 0. The van der Waals surface area contributed by atoms with E-state index in [1.807, 2.05) is 19.9 Å². The molecule has 0 bridgehead atoms. The van der Waals surface area contributed by atoms with Crippen molar-refractivity contribution in [2.45, 2.75) is 19.9 Å². The summed E-state index contributed by atoms with van der Waals surface area (Å²) in [5, 5.41) is 4.15. The molecule has 0 saturated heterocycles. The molecule has 0 saturated carbocycles. The second-order valence-corrected chi connectivity index (χ2v) is 4.24. The predicted molar refractivity (Wildman–Crippen MR) is 56.8 cm³/mol. The fraction of sp³-hybridized carbons (Fsp3) is 0.500. The molecule has 0 unspecified atom stereocenters. The summed E-state index contributed by atoms with van der Waals surface area (Å²) in [6, 6.07) is 1.97. The van der Waals surface area contributed by atoms with E-state index in [2.05, 4.69) is 26.5 Å². The van der Waals surface area contributed by atoms with Gasteiger partial charge in [0.05, 0.1) is 0 Å². The number of carbonyl (C=O) groups is 1. The Hall–Kier alpha value is -1.04. The number of hydrogen-bond donors (Lipinski definition) is 1. The summed E-state index contributed by atoms with van der Waals surface area (Å²) in [4.78, 5) is 15.0. The van der Waals surface area contributed by atoms with Crippen LogP contribution < -0.4 is 10.3 Å². The molecule has 0 aromatic carbocycles. The minimum Gasteiger partial charge on any atom is -0.299 e. The summed E-state index contributed by atoms with van der Waals surface area (Å²) in [6.45, 7) is 4.25. The molecular formula is C8H11BrN4O. The molecule has 0 aliphatic carbocycles. The van der Waals surface area contributed by atoms with Crippen LogP contribution in [0, 0.1) is 0 Å². The lowest BCUT2D eigenvalue weighted by Crippen LogP contribution is -2.48. The number of fused-ring (bicyclic) bond motifs is 1. The molecular weight excluding hydrogens is 248 g/mol. The van der Waals surface area contributed by atoms with Gasteiger partial charge in [0, 0.05) is 12.1 Å². The Bertz CT molecular complexity index is 373. The Morgan fingerprint density at radius 1 is 1.64 bits per heavy atom. The van der Waals surface area contributed by atoms with Crippen molar-refractivity contribution in [2.75, 3.05) is 16.9 Å². The van der Waals surface area contributed by atoms with Crippen LogP contribution in [0.3, 0.4) is 0 Å². The number of amides is 1. The Balaban J connectivity index is 2.45. The van der Waals surface area contributed by atoms with E-state index in [4.69, 9.17) is 0 Å². The zero-order valence-electron chi connectivity index (χ0n) is 7.99. The first-order valence-electron chi connectivity index (χ1n) is 4.41. The van der Waals surface area contributed by atoms with E-state index in [1.165, 1.54) is 0 Å². The number of carbonyl (C=O) groups excluding carboxylic acids is 1. The number of nitrogens with one attached hydrogen (secondary N) is 1. The van der Waals surface area contributed by atoms with Crippen LogP contribution in [0.5, 0.6) is 0 Å². The van der Waals surface area contributed by atoms with Crippen molar-refractivity contribution in [3.63, 3.8) is 0 Å². The first kappa shape index (κ1) is 9.51. The van der Waals surface area contributed by atoms with Gasteiger partial charge in [0.1, 0.15) is 11.1 Å². The molecule has 1 aromatic heterocycles. The molecule has 14 heavy (non-hydrogen) atoms. The van der Waals surface area contributed by atoms with Crippen molar-refractivity contribution in [2.24, 2.45) is 0 Å². The Morgan fingerprint density at radius 2 is 2.36 bits per heavy atom. The zero-order chi connectivity index (χ0) is 10.3. The summed E-state index contributed by atoms with van der Waals surface area (Å²) in [5.74, 6) is 0.850. The SMILES string of the molecule is CC(C)N1C(=O)CNn2nc(Br)cc21. The first-order chi connectivity index (χ1) is 6.59. The fourth-order valence-corrected chi connectivity index (χ4v) is 1.90. The predicted octanol–water partition coefficient (Wildman–Crippen LogP) is 0.944. The van der Waals surface area contributed by atoms with Gasteiger partial charge in [-0.25, -0.2) is 0 Å². The molecule has 1 aromatic rings. The van der Waals surface area contributed by atoms with Crippen molar-refractivity contribution < 1.29 is 4.79 Å². The number of rotatable bonds is 1. The van der Waals surface area contributed by atoms with E-state index >= 15 is 0 Å². The first-order valence-corrected chi connectivity index (χ1v) is 5.20. The van der Waals surface area contributed by atoms with E-state index < -0.39 is 0 Å². The van der Waals surface area contributed by atoms with E-state index in [0.717, 1.165) is 10.4 Å². The third-order valence-electron chi connectivity index (χ3n) is 2.07. The summed E-state index contributed by atoms with van der Waals surface area (Å²) in [6.07, 6.45) is 0. The van der Waals surface area contributed by atoms with Crippen molar-refractivity contribution in [1.82, 2.24) is 9.89 Å². The molecule has 5 nitrogen and oxygen atoms in total. The standard InChI is InChI=1S/C8H11BrN4O/c1-5(2)12-7-3-6(9)11-13(7)10-4-8(12)14/h3,5,10H,4H2,1-2H3. The second-order valence-electron chi connectivity index (χ2n) is 3.43. The van der Waals surface area contributed by atoms with Crippen LogP contribution in [0.25, 0.3) is 0 Å². The van der Waals surface area contributed by atoms with Gasteiger partial charge in [-0.05, 0) is 29.8 Å². The van der Waals surface area contributed by atoms with E-state index in [1.54, 1.807) is 9.69 Å². The van der Waals surface area contributed by atoms with E-state index in [9.17, 15) is 4.79 Å². The maximum Gasteiger partial charge on any atom is 0.249 e. The van der Waals surface area contributed by atoms with Gasteiger partial charge in [-0.3, -0.25) is 15.1 Å². The third kappa shape index (κ3) is 1.39. The molecule has 0 fully saturated rings. The Labute approximate surface area is 90.2 Å². The van der Waals surface area contributed by atoms with Crippen LogP contribution in [0.2, 0.25) is 0 Å². The highest BCUT2D eigenvalue weighted by Gasteiger charge is 2.27. The van der Waals surface area contributed by atoms with Crippen molar-refractivity contribution in [3.8, 4) is 0 Å². The minimum absolute atomic E-state index is 0.0694. The smallest absolute Gasteiger partial charge is 0.249 e. The number of anilines is 1. The normalized spacial score (nSPS) is 15.7. The molecule has 0 spiro atoms. The molecule has 1 amide bonds. The topological polar surface area (TPSA) is 50.2 Å². The molecule has 2 heterocycles. The fourth-order valence-electron chi connectivity index (χ4n) is 1.54. The third-order valence-corrected chi connectivity index (χ3v) is 2.46. The lowest BCUT2D eigenvalue weighted by molar-refractivity contribution is -0.117. The maximum absolute atomic E-state index is 11.6. The molecule has 0 radical (unpaired) electrons. The van der Waals surface area contributed by atoms with Crippen molar-refractivity contribution >= 4 is 27.7 Å². The second kappa shape index (κ2) is 3.27. The van der Waals surface area contributed by atoms with Gasteiger partial charge in [-0.2, -0.15) is 4.79 Å². The van der Waals surface area contributed by atoms with Crippen molar-refractivity contribution in [1.29, 1.82) is 0 Å². The summed E-state index contributed by atoms with van der Waals surface area (Å²) < 4.78 is 0.723. The van der Waals surface area contributed by atoms with Crippen molar-refractivity contribution in [3.05, 3.63) is 10.7 Å². The van der Waals surface area contributed by atoms with Gasteiger partial charge >= 0.3 is 0 Å². The van der Waals surface area contributed by atoms with Gasteiger partial charge in [0.25, 0.3) is 0 Å². The Morgan fingerprint density at radius 3 is 3.00 bits per heavy atom. The minimum atomic E-state index is 0.0694. The molecule has 2 rings (SSSR count). The highest BCUT2D eigenvalue weighted by molar-refractivity contribution is 9.10. The summed E-state index contributed by atoms with van der Waals surface area (Å²) >= 11 is 3.28. The highest BCUT2D eigenvalue weighted by atomic mass is 79.9. The largest absolute Gasteiger partial charge is 0.299 e. The van der Waals surface area contributed by atoms with E-state index in [-0.39, 0.29) is 11.9 Å². The lowest BCUT2D eigenvalue weighted by atomic mass is 10.3. The molecule has 1 aliphatic rings. The molecule has 1 N–H and O–H groups in total. The monoisotopic (exact) mass is 258 g/mol.